The van der Waals surface area contributed by atoms with Gasteiger partial charge in [-0.25, -0.2) is 9.79 Å². The monoisotopic (exact) mass is 600 g/mol. The van der Waals surface area contributed by atoms with E-state index in [1.165, 1.54) is 11.3 Å². The number of carbonyl (C=O) groups excluding carboxylic acids is 1. The van der Waals surface area contributed by atoms with E-state index in [-0.39, 0.29) is 12.2 Å². The van der Waals surface area contributed by atoms with Crippen LogP contribution in [0.3, 0.4) is 0 Å². The Morgan fingerprint density at radius 3 is 2.53 bits per heavy atom. The fraction of sp³-hybridized carbons (Fsp3) is 0.321. The molecule has 2 heterocycles. The lowest BCUT2D eigenvalue weighted by Gasteiger charge is -2.26. The minimum atomic E-state index is -0.714. The Kier molecular flexibility index (Phi) is 8.73. The van der Waals surface area contributed by atoms with E-state index >= 15 is 0 Å². The van der Waals surface area contributed by atoms with Gasteiger partial charge in [-0.3, -0.25) is 9.36 Å². The summed E-state index contributed by atoms with van der Waals surface area (Å²) in [5.74, 6) is 1.30. The maximum atomic E-state index is 14.0. The van der Waals surface area contributed by atoms with Gasteiger partial charge in [0, 0.05) is 11.6 Å². The summed E-state index contributed by atoms with van der Waals surface area (Å²) in [4.78, 5) is 32.6. The van der Waals surface area contributed by atoms with E-state index in [1.54, 1.807) is 45.0 Å². The second kappa shape index (κ2) is 12.0. The standard InChI is InChI=1S/C28H29BrN2O6S/c1-6-9-20-24(27(33)37-7-2)25(16-10-8-11-18(12-16)34-3)31-26(32)23(38-28(31)30-20)14-17-13-19(29)22(36-5)15-21(17)35-4/h8,10-15,25H,6-7,9H2,1-5H3/b23-14-. The molecule has 0 aliphatic carbocycles. The molecule has 38 heavy (non-hydrogen) atoms. The quantitative estimate of drug-likeness (QED) is 0.339. The summed E-state index contributed by atoms with van der Waals surface area (Å²) < 4.78 is 24.6. The van der Waals surface area contributed by atoms with Crippen LogP contribution in [0.2, 0.25) is 0 Å². The average molecular weight is 602 g/mol. The predicted octanol–water partition coefficient (Wildman–Crippen LogP) is 4.37. The predicted molar refractivity (Wildman–Crippen MR) is 150 cm³/mol. The van der Waals surface area contributed by atoms with Crippen LogP contribution < -0.4 is 29.1 Å². The van der Waals surface area contributed by atoms with Crippen LogP contribution in [-0.4, -0.2) is 38.5 Å². The molecule has 0 bridgehead atoms. The van der Waals surface area contributed by atoms with Gasteiger partial charge >= 0.3 is 5.97 Å². The Morgan fingerprint density at radius 2 is 1.87 bits per heavy atom. The number of thiazole rings is 1. The number of ether oxygens (including phenoxy) is 4. The minimum absolute atomic E-state index is 0.211. The van der Waals surface area contributed by atoms with Crippen molar-refractivity contribution in [3.05, 3.63) is 83.0 Å². The van der Waals surface area contributed by atoms with Crippen molar-refractivity contribution >= 4 is 39.3 Å². The second-order valence-electron chi connectivity index (χ2n) is 8.42. The smallest absolute Gasteiger partial charge is 0.338 e. The number of halogens is 1. The molecule has 200 valence electrons. The van der Waals surface area contributed by atoms with Crippen LogP contribution in [0, 0.1) is 0 Å². The van der Waals surface area contributed by atoms with Crippen molar-refractivity contribution in [3.8, 4) is 17.2 Å². The molecule has 1 aliphatic rings. The SMILES string of the molecule is CCCC1=C(C(=O)OCC)C(c2cccc(OC)c2)n2c(s/c(=C\c3cc(Br)c(OC)cc3OC)c2=O)=N1. The molecule has 2 aromatic carbocycles. The summed E-state index contributed by atoms with van der Waals surface area (Å²) in [6.07, 6.45) is 3.11. The van der Waals surface area contributed by atoms with Crippen LogP contribution in [0.4, 0.5) is 0 Å². The number of fused-ring (bicyclic) bond motifs is 1. The zero-order chi connectivity index (χ0) is 27.4. The van der Waals surface area contributed by atoms with Gasteiger partial charge in [-0.05, 0) is 59.1 Å². The van der Waals surface area contributed by atoms with Crippen molar-refractivity contribution in [2.45, 2.75) is 32.7 Å². The maximum Gasteiger partial charge on any atom is 0.338 e. The number of aromatic nitrogens is 1. The van der Waals surface area contributed by atoms with Crippen LogP contribution in [0.15, 0.2) is 61.9 Å². The van der Waals surface area contributed by atoms with Crippen LogP contribution in [0.5, 0.6) is 17.2 Å². The van der Waals surface area contributed by atoms with Crippen molar-refractivity contribution in [3.63, 3.8) is 0 Å². The van der Waals surface area contributed by atoms with Crippen molar-refractivity contribution in [1.29, 1.82) is 0 Å². The lowest BCUT2D eigenvalue weighted by molar-refractivity contribution is -0.139. The summed E-state index contributed by atoms with van der Waals surface area (Å²) in [6.45, 7) is 3.99. The Labute approximate surface area is 233 Å². The molecule has 8 nitrogen and oxygen atoms in total. The molecule has 0 radical (unpaired) electrons. The molecule has 10 heteroatoms. The first kappa shape index (κ1) is 27.7. The molecule has 3 aromatic rings. The van der Waals surface area contributed by atoms with E-state index in [0.29, 0.717) is 49.8 Å². The molecule has 4 rings (SSSR count). The molecule has 1 atom stereocenters. The molecule has 0 fully saturated rings. The first-order chi connectivity index (χ1) is 18.4. The third kappa shape index (κ3) is 5.28. The zero-order valence-electron chi connectivity index (χ0n) is 21.9. The third-order valence-electron chi connectivity index (χ3n) is 6.09. The Hall–Kier alpha value is -3.37. The van der Waals surface area contributed by atoms with Crippen LogP contribution >= 0.6 is 27.3 Å². The molecule has 1 aliphatic heterocycles. The van der Waals surface area contributed by atoms with Gasteiger partial charge in [0.25, 0.3) is 5.56 Å². The van der Waals surface area contributed by atoms with Crippen molar-refractivity contribution in [2.75, 3.05) is 27.9 Å². The van der Waals surface area contributed by atoms with Gasteiger partial charge in [-0.1, -0.05) is 36.8 Å². The van der Waals surface area contributed by atoms with E-state index in [1.807, 2.05) is 37.3 Å². The summed E-state index contributed by atoms with van der Waals surface area (Å²) in [7, 11) is 4.72. The molecule has 0 amide bonds. The van der Waals surface area contributed by atoms with Crippen LogP contribution in [0.25, 0.3) is 6.08 Å². The highest BCUT2D eigenvalue weighted by atomic mass is 79.9. The number of esters is 1. The Bertz CT molecular complexity index is 1570. The normalized spacial score (nSPS) is 15.1. The highest BCUT2D eigenvalue weighted by Crippen LogP contribution is 2.35. The molecule has 0 saturated carbocycles. The van der Waals surface area contributed by atoms with Gasteiger partial charge in [0.05, 0.1) is 54.3 Å². The molecule has 0 N–H and O–H groups in total. The van der Waals surface area contributed by atoms with Crippen LogP contribution in [0.1, 0.15) is 43.9 Å². The summed E-state index contributed by atoms with van der Waals surface area (Å²) >= 11 is 4.77. The highest BCUT2D eigenvalue weighted by Gasteiger charge is 2.34. The minimum Gasteiger partial charge on any atom is -0.497 e. The number of carbonyl (C=O) groups is 1. The number of hydrogen-bond acceptors (Lipinski definition) is 8. The van der Waals surface area contributed by atoms with Crippen molar-refractivity contribution < 1.29 is 23.7 Å². The van der Waals surface area contributed by atoms with E-state index in [0.717, 1.165) is 16.5 Å². The molecule has 0 saturated heterocycles. The number of nitrogens with zero attached hydrogens (tertiary/aromatic N) is 2. The topological polar surface area (TPSA) is 88.4 Å². The summed E-state index contributed by atoms with van der Waals surface area (Å²) in [6, 6.07) is 10.2. The van der Waals surface area contributed by atoms with Gasteiger partial charge in [0.2, 0.25) is 0 Å². The average Bonchev–Trinajstić information content (AvgIpc) is 3.22. The fourth-order valence-electron chi connectivity index (χ4n) is 4.39. The molecule has 1 aromatic heterocycles. The maximum absolute atomic E-state index is 14.0. The second-order valence-corrected chi connectivity index (χ2v) is 10.3. The first-order valence-electron chi connectivity index (χ1n) is 12.1. The van der Waals surface area contributed by atoms with Crippen molar-refractivity contribution in [1.82, 2.24) is 4.57 Å². The zero-order valence-corrected chi connectivity index (χ0v) is 24.3. The number of methoxy groups -OCH3 is 3. The molecule has 1 unspecified atom stereocenters. The molecule has 0 spiro atoms. The van der Waals surface area contributed by atoms with Gasteiger partial charge in [-0.2, -0.15) is 0 Å². The number of allylic oxidation sites excluding steroid dienone is 1. The third-order valence-corrected chi connectivity index (χ3v) is 7.70. The van der Waals surface area contributed by atoms with Gasteiger partial charge in [-0.15, -0.1) is 0 Å². The van der Waals surface area contributed by atoms with Crippen LogP contribution in [-0.2, 0) is 9.53 Å². The molecular weight excluding hydrogens is 572 g/mol. The summed E-state index contributed by atoms with van der Waals surface area (Å²) in [5.41, 5.74) is 2.14. The van der Waals surface area contributed by atoms with E-state index in [4.69, 9.17) is 23.9 Å². The van der Waals surface area contributed by atoms with E-state index < -0.39 is 12.0 Å². The first-order valence-corrected chi connectivity index (χ1v) is 13.7. The highest BCUT2D eigenvalue weighted by molar-refractivity contribution is 9.10. The number of benzene rings is 2. The Morgan fingerprint density at radius 1 is 1.11 bits per heavy atom. The lowest BCUT2D eigenvalue weighted by Crippen LogP contribution is -2.40. The van der Waals surface area contributed by atoms with E-state index in [2.05, 4.69) is 15.9 Å². The van der Waals surface area contributed by atoms with E-state index in [9.17, 15) is 9.59 Å². The van der Waals surface area contributed by atoms with Gasteiger partial charge < -0.3 is 18.9 Å². The number of rotatable bonds is 9. The fourth-order valence-corrected chi connectivity index (χ4v) is 5.92. The van der Waals surface area contributed by atoms with Crippen molar-refractivity contribution in [2.24, 2.45) is 4.99 Å². The molecular formula is C28H29BrN2O6S. The Balaban J connectivity index is 2.01. The summed E-state index contributed by atoms with van der Waals surface area (Å²) in [5, 5.41) is 0. The largest absolute Gasteiger partial charge is 0.497 e. The number of hydrogen-bond donors (Lipinski definition) is 0. The van der Waals surface area contributed by atoms with Gasteiger partial charge in [0.1, 0.15) is 17.2 Å². The van der Waals surface area contributed by atoms with Gasteiger partial charge in [0.15, 0.2) is 4.80 Å². The lowest BCUT2D eigenvalue weighted by atomic mass is 9.94.